The minimum atomic E-state index is -0.718. The fraction of sp³-hybridized carbons (Fsp3) is 0.400. The third-order valence-electron chi connectivity index (χ3n) is 7.66. The van der Waals surface area contributed by atoms with Crippen LogP contribution in [0.1, 0.15) is 91.1 Å². The monoisotopic (exact) mass is 474 g/mol. The van der Waals surface area contributed by atoms with Gasteiger partial charge in [0.2, 0.25) is 0 Å². The summed E-state index contributed by atoms with van der Waals surface area (Å²) in [4.78, 5) is 23.9. The van der Waals surface area contributed by atoms with Crippen molar-refractivity contribution in [2.45, 2.75) is 64.9 Å². The third-order valence-corrected chi connectivity index (χ3v) is 7.66. The fourth-order valence-electron chi connectivity index (χ4n) is 5.57. The Hall–Kier alpha value is -3.34. The molecule has 2 N–H and O–H groups in total. The number of aromatic hydroxyl groups is 2. The second-order valence-corrected chi connectivity index (χ2v) is 10.8. The third kappa shape index (κ3) is 4.52. The van der Waals surface area contributed by atoms with E-state index in [1.807, 2.05) is 37.3 Å². The van der Waals surface area contributed by atoms with E-state index in [0.29, 0.717) is 24.6 Å². The zero-order valence-corrected chi connectivity index (χ0v) is 20.9. The molecule has 0 fully saturated rings. The highest BCUT2D eigenvalue weighted by Gasteiger charge is 2.49. The molecular weight excluding hydrogens is 440 g/mol. The lowest BCUT2D eigenvalue weighted by Crippen LogP contribution is -2.47. The summed E-state index contributed by atoms with van der Waals surface area (Å²) in [6.07, 6.45) is 10.7. The molecule has 1 heterocycles. The maximum absolute atomic E-state index is 12.1. The minimum absolute atomic E-state index is 0.00772. The van der Waals surface area contributed by atoms with Crippen LogP contribution in [-0.2, 0) is 0 Å². The van der Waals surface area contributed by atoms with Gasteiger partial charge in [0.15, 0.2) is 12.6 Å². The van der Waals surface area contributed by atoms with Crippen molar-refractivity contribution < 1.29 is 24.5 Å². The van der Waals surface area contributed by atoms with E-state index in [0.717, 1.165) is 24.8 Å². The number of ether oxygens (including phenoxy) is 1. The van der Waals surface area contributed by atoms with Gasteiger partial charge < -0.3 is 14.9 Å². The number of aldehydes is 2. The van der Waals surface area contributed by atoms with Crippen LogP contribution in [0.3, 0.4) is 0 Å². The minimum Gasteiger partial charge on any atom is -0.507 e. The fourth-order valence-corrected chi connectivity index (χ4v) is 5.57. The highest BCUT2D eigenvalue weighted by molar-refractivity contribution is 5.95. The van der Waals surface area contributed by atoms with Gasteiger partial charge in [-0.25, -0.2) is 0 Å². The number of phenolic OH excluding ortho intramolecular Hbond substituents is 2. The molecule has 5 heteroatoms. The Bertz CT molecular complexity index is 1190. The zero-order chi connectivity index (χ0) is 25.4. The van der Waals surface area contributed by atoms with Gasteiger partial charge in [-0.15, -0.1) is 0 Å². The van der Waals surface area contributed by atoms with Gasteiger partial charge in [0.25, 0.3) is 0 Å². The van der Waals surface area contributed by atoms with Crippen LogP contribution in [0.4, 0.5) is 0 Å². The highest BCUT2D eigenvalue weighted by Crippen LogP contribution is 2.57. The van der Waals surface area contributed by atoms with Crippen LogP contribution in [0, 0.1) is 11.3 Å². The molecule has 35 heavy (non-hydrogen) atoms. The number of phenols is 2. The maximum atomic E-state index is 12.1. The topological polar surface area (TPSA) is 83.8 Å². The Morgan fingerprint density at radius 1 is 0.971 bits per heavy atom. The zero-order valence-electron chi connectivity index (χ0n) is 20.9. The molecule has 0 saturated heterocycles. The first-order valence-corrected chi connectivity index (χ1v) is 12.2. The molecular formula is C30H34O5. The molecule has 2 aromatic rings. The number of hydrogen-bond donors (Lipinski definition) is 2. The van der Waals surface area contributed by atoms with Crippen molar-refractivity contribution >= 4 is 12.6 Å². The Morgan fingerprint density at radius 2 is 1.66 bits per heavy atom. The summed E-state index contributed by atoms with van der Waals surface area (Å²) in [6.45, 7) is 8.60. The average Bonchev–Trinajstić information content (AvgIpc) is 2.83. The first-order chi connectivity index (χ1) is 16.6. The van der Waals surface area contributed by atoms with E-state index in [9.17, 15) is 19.8 Å². The highest BCUT2D eigenvalue weighted by atomic mass is 16.5. The molecule has 0 spiro atoms. The summed E-state index contributed by atoms with van der Waals surface area (Å²) in [5.74, 6) is -1.12. The van der Waals surface area contributed by atoms with Crippen molar-refractivity contribution in [1.29, 1.82) is 0 Å². The van der Waals surface area contributed by atoms with E-state index in [-0.39, 0.29) is 39.9 Å². The number of carbonyl (C=O) groups is 2. The molecule has 4 rings (SSSR count). The molecule has 3 atom stereocenters. The smallest absolute Gasteiger partial charge is 0.157 e. The van der Waals surface area contributed by atoms with Gasteiger partial charge in [-0.05, 0) is 44.1 Å². The van der Waals surface area contributed by atoms with Gasteiger partial charge in [-0.3, -0.25) is 9.59 Å². The van der Waals surface area contributed by atoms with Gasteiger partial charge in [0.05, 0.1) is 11.1 Å². The molecule has 1 aliphatic carbocycles. The molecule has 0 bridgehead atoms. The van der Waals surface area contributed by atoms with E-state index >= 15 is 0 Å². The Balaban J connectivity index is 2.01. The second kappa shape index (κ2) is 9.37. The Labute approximate surface area is 207 Å². The van der Waals surface area contributed by atoms with Crippen molar-refractivity contribution in [1.82, 2.24) is 0 Å². The van der Waals surface area contributed by atoms with Crippen molar-refractivity contribution in [2.24, 2.45) is 11.3 Å². The summed E-state index contributed by atoms with van der Waals surface area (Å²) in [5.41, 5.74) is 1.54. The molecule has 0 saturated carbocycles. The molecule has 0 unspecified atom stereocenters. The predicted octanol–water partition coefficient (Wildman–Crippen LogP) is 6.72. The summed E-state index contributed by atoms with van der Waals surface area (Å²) in [6, 6.07) is 9.82. The summed E-state index contributed by atoms with van der Waals surface area (Å²) in [5, 5.41) is 21.9. The average molecular weight is 475 g/mol. The van der Waals surface area contributed by atoms with Crippen molar-refractivity contribution in [3.05, 3.63) is 76.4 Å². The van der Waals surface area contributed by atoms with Crippen molar-refractivity contribution in [3.63, 3.8) is 0 Å². The molecule has 2 aromatic carbocycles. The SMILES string of the molecule is C/C1=C/CC(C)(C)/C=C/C[C@]2(C)Oc3c(C=O)c(O)c(C=O)c(O)c3[C@@H](c3ccccc3)[C@H]2CC1. The Morgan fingerprint density at radius 3 is 2.31 bits per heavy atom. The van der Waals surface area contributed by atoms with E-state index in [1.54, 1.807) is 0 Å². The molecule has 0 amide bonds. The molecule has 5 nitrogen and oxygen atoms in total. The number of rotatable bonds is 3. The standard InChI is InChI=1S/C30H34O5/c1-19-11-12-23-24(20-9-6-5-7-10-20)25-27(34)21(17-31)26(33)22(18-32)28(25)35-30(23,4)15-8-14-29(2,3)16-13-19/h5-10,13-14,17-18,23-24,33-34H,11-12,15-16H2,1-4H3/b14-8+,19-13-/t23-,24+,30+/m1/s1. The van der Waals surface area contributed by atoms with Gasteiger partial charge >= 0.3 is 0 Å². The second-order valence-electron chi connectivity index (χ2n) is 10.8. The molecule has 0 aromatic heterocycles. The first kappa shape index (κ1) is 24.8. The van der Waals surface area contributed by atoms with Gasteiger partial charge in [-0.1, -0.05) is 68.0 Å². The number of benzene rings is 2. The summed E-state index contributed by atoms with van der Waals surface area (Å²) in [7, 11) is 0. The number of fused-ring (bicyclic) bond motifs is 2. The molecule has 2 aliphatic rings. The lowest BCUT2D eigenvalue weighted by molar-refractivity contribution is -0.00275. The van der Waals surface area contributed by atoms with Crippen LogP contribution in [0.5, 0.6) is 17.2 Å². The van der Waals surface area contributed by atoms with Crippen molar-refractivity contribution in [3.8, 4) is 17.2 Å². The van der Waals surface area contributed by atoms with Crippen LogP contribution >= 0.6 is 0 Å². The van der Waals surface area contributed by atoms with E-state index in [4.69, 9.17) is 4.74 Å². The maximum Gasteiger partial charge on any atom is 0.157 e. The van der Waals surface area contributed by atoms with Crippen LogP contribution in [0.15, 0.2) is 54.1 Å². The van der Waals surface area contributed by atoms with Crippen molar-refractivity contribution in [2.75, 3.05) is 0 Å². The van der Waals surface area contributed by atoms with E-state index in [1.165, 1.54) is 5.57 Å². The predicted molar refractivity (Wildman–Crippen MR) is 137 cm³/mol. The number of carbonyl (C=O) groups excluding carboxylic acids is 2. The van der Waals surface area contributed by atoms with Crippen LogP contribution < -0.4 is 4.74 Å². The van der Waals surface area contributed by atoms with Crippen LogP contribution in [0.25, 0.3) is 0 Å². The lowest BCUT2D eigenvalue weighted by Gasteiger charge is -2.48. The first-order valence-electron chi connectivity index (χ1n) is 12.2. The normalized spacial score (nSPS) is 28.2. The summed E-state index contributed by atoms with van der Waals surface area (Å²) >= 11 is 0. The van der Waals surface area contributed by atoms with Gasteiger partial charge in [0.1, 0.15) is 22.8 Å². The van der Waals surface area contributed by atoms with Crippen LogP contribution in [0.2, 0.25) is 0 Å². The van der Waals surface area contributed by atoms with E-state index in [2.05, 4.69) is 39.0 Å². The van der Waals surface area contributed by atoms with E-state index < -0.39 is 11.4 Å². The van der Waals surface area contributed by atoms with Gasteiger partial charge in [0, 0.05) is 23.8 Å². The largest absolute Gasteiger partial charge is 0.507 e. The quantitative estimate of drug-likeness (QED) is 0.381. The summed E-state index contributed by atoms with van der Waals surface area (Å²) < 4.78 is 6.60. The van der Waals surface area contributed by atoms with Crippen LogP contribution in [-0.4, -0.2) is 28.4 Å². The van der Waals surface area contributed by atoms with Gasteiger partial charge in [-0.2, -0.15) is 0 Å². The molecule has 0 radical (unpaired) electrons. The Kier molecular flexibility index (Phi) is 6.63. The molecule has 1 aliphatic heterocycles. The molecule has 184 valence electrons. The lowest BCUT2D eigenvalue weighted by atomic mass is 9.66. The number of hydrogen-bond acceptors (Lipinski definition) is 5. The number of allylic oxidation sites excluding steroid dienone is 3.